The van der Waals surface area contributed by atoms with E-state index in [1.165, 1.54) is 6.20 Å². The normalized spacial score (nSPS) is 9.93. The lowest BCUT2D eigenvalue weighted by molar-refractivity contribution is 1.35. The van der Waals surface area contributed by atoms with Gasteiger partial charge in [0.25, 0.3) is 0 Å². The summed E-state index contributed by atoms with van der Waals surface area (Å²) in [7, 11) is 1.77. The van der Waals surface area contributed by atoms with Crippen LogP contribution in [0.25, 0.3) is 10.9 Å². The second-order valence-electron chi connectivity index (χ2n) is 3.04. The van der Waals surface area contributed by atoms with E-state index in [0.717, 1.165) is 11.1 Å². The van der Waals surface area contributed by atoms with E-state index in [2.05, 4.69) is 16.4 Å². The second-order valence-corrected chi connectivity index (χ2v) is 3.45. The maximum absolute atomic E-state index is 8.92. The molecule has 0 aliphatic heterocycles. The maximum Gasteiger partial charge on any atom is 0.103 e. The van der Waals surface area contributed by atoms with Crippen LogP contribution in [0.5, 0.6) is 0 Å². The zero-order valence-electron chi connectivity index (χ0n) is 8.08. The summed E-state index contributed by atoms with van der Waals surface area (Å²) in [5.74, 6) is 0. The van der Waals surface area contributed by atoms with E-state index in [4.69, 9.17) is 16.9 Å². The lowest BCUT2D eigenvalue weighted by atomic mass is 10.1. The molecule has 0 saturated carbocycles. The van der Waals surface area contributed by atoms with Gasteiger partial charge in [-0.2, -0.15) is 5.26 Å². The van der Waals surface area contributed by atoms with Gasteiger partial charge >= 0.3 is 0 Å². The topological polar surface area (TPSA) is 48.7 Å². The van der Waals surface area contributed by atoms with E-state index in [-0.39, 0.29) is 0 Å². The van der Waals surface area contributed by atoms with Crippen molar-refractivity contribution in [2.75, 3.05) is 12.4 Å². The van der Waals surface area contributed by atoms with Crippen LogP contribution in [0.15, 0.2) is 24.4 Å². The lowest BCUT2D eigenvalue weighted by Crippen LogP contribution is -1.95. The molecule has 0 saturated heterocycles. The van der Waals surface area contributed by atoms with Gasteiger partial charge in [-0.25, -0.2) is 0 Å². The molecule has 0 fully saturated rings. The van der Waals surface area contributed by atoms with E-state index < -0.39 is 0 Å². The largest absolute Gasteiger partial charge is 0.386 e. The van der Waals surface area contributed by atoms with Crippen molar-refractivity contribution in [3.8, 4) is 6.07 Å². The molecule has 1 aromatic heterocycles. The third-order valence-corrected chi connectivity index (χ3v) is 2.52. The molecule has 4 heteroatoms. The van der Waals surface area contributed by atoms with Crippen molar-refractivity contribution in [2.45, 2.75) is 0 Å². The molecule has 2 rings (SSSR count). The van der Waals surface area contributed by atoms with E-state index in [1.807, 2.05) is 12.1 Å². The van der Waals surface area contributed by atoms with Gasteiger partial charge in [0.2, 0.25) is 0 Å². The highest BCUT2D eigenvalue weighted by Crippen LogP contribution is 2.29. The number of halogens is 1. The molecule has 1 aromatic carbocycles. The SMILES string of the molecule is CNc1c(C#N)cnc2c(Cl)cccc12. The predicted molar refractivity (Wildman–Crippen MR) is 61.0 cm³/mol. The Labute approximate surface area is 92.3 Å². The zero-order valence-corrected chi connectivity index (χ0v) is 8.84. The minimum absolute atomic E-state index is 0.521. The summed E-state index contributed by atoms with van der Waals surface area (Å²) >= 11 is 6.01. The fourth-order valence-electron chi connectivity index (χ4n) is 1.54. The predicted octanol–water partition coefficient (Wildman–Crippen LogP) is 2.80. The smallest absolute Gasteiger partial charge is 0.103 e. The van der Waals surface area contributed by atoms with Crippen LogP contribution < -0.4 is 5.32 Å². The number of aromatic nitrogens is 1. The van der Waals surface area contributed by atoms with E-state index in [9.17, 15) is 0 Å². The molecule has 15 heavy (non-hydrogen) atoms. The Balaban J connectivity index is 2.90. The summed E-state index contributed by atoms with van der Waals surface area (Å²) in [4.78, 5) is 4.17. The van der Waals surface area contributed by atoms with Gasteiger partial charge in [0.15, 0.2) is 0 Å². The second kappa shape index (κ2) is 3.76. The van der Waals surface area contributed by atoms with Gasteiger partial charge in [-0.1, -0.05) is 23.7 Å². The summed E-state index contributed by atoms with van der Waals surface area (Å²) < 4.78 is 0. The van der Waals surface area contributed by atoms with E-state index >= 15 is 0 Å². The van der Waals surface area contributed by atoms with Crippen molar-refractivity contribution in [1.29, 1.82) is 5.26 Å². The van der Waals surface area contributed by atoms with Crippen LogP contribution in [0.2, 0.25) is 5.02 Å². The van der Waals surface area contributed by atoms with Gasteiger partial charge in [-0.3, -0.25) is 4.98 Å². The number of nitrogens with one attached hydrogen (secondary N) is 1. The molecule has 2 aromatic rings. The molecule has 1 heterocycles. The third kappa shape index (κ3) is 1.49. The zero-order chi connectivity index (χ0) is 10.8. The number of rotatable bonds is 1. The Kier molecular flexibility index (Phi) is 2.44. The summed E-state index contributed by atoms with van der Waals surface area (Å²) in [6, 6.07) is 7.60. The summed E-state index contributed by atoms with van der Waals surface area (Å²) in [5, 5.41) is 13.4. The monoisotopic (exact) mass is 217 g/mol. The van der Waals surface area contributed by atoms with Gasteiger partial charge in [-0.05, 0) is 6.07 Å². The van der Waals surface area contributed by atoms with Crippen LogP contribution in [0.1, 0.15) is 5.56 Å². The molecule has 0 amide bonds. The Bertz CT molecular complexity index is 557. The van der Waals surface area contributed by atoms with Crippen LogP contribution in [-0.4, -0.2) is 12.0 Å². The first-order valence-electron chi connectivity index (χ1n) is 4.43. The van der Waals surface area contributed by atoms with Crippen LogP contribution in [0.3, 0.4) is 0 Å². The number of anilines is 1. The average molecular weight is 218 g/mol. The molecule has 0 unspecified atom stereocenters. The van der Waals surface area contributed by atoms with Gasteiger partial charge in [0.1, 0.15) is 6.07 Å². The molecule has 0 aliphatic carbocycles. The first-order valence-corrected chi connectivity index (χ1v) is 4.81. The maximum atomic E-state index is 8.92. The average Bonchev–Trinajstić information content (AvgIpc) is 2.28. The Morgan fingerprint density at radius 3 is 2.93 bits per heavy atom. The van der Waals surface area contributed by atoms with Gasteiger partial charge in [0.05, 0.1) is 21.8 Å². The highest BCUT2D eigenvalue weighted by Gasteiger charge is 2.08. The standard InChI is InChI=1S/C11H8ClN3/c1-14-10-7(5-13)6-15-11-8(10)3-2-4-9(11)12/h2-4,6H,1H3,(H,14,15). The number of para-hydroxylation sites is 1. The number of nitrogens with zero attached hydrogens (tertiary/aromatic N) is 2. The van der Waals surface area contributed by atoms with Gasteiger partial charge < -0.3 is 5.32 Å². The Hall–Kier alpha value is -1.79. The summed E-state index contributed by atoms with van der Waals surface area (Å²) in [6.45, 7) is 0. The lowest BCUT2D eigenvalue weighted by Gasteiger charge is -2.07. The van der Waals surface area contributed by atoms with Crippen molar-refractivity contribution < 1.29 is 0 Å². The fraction of sp³-hybridized carbons (Fsp3) is 0.0909. The molecular weight excluding hydrogens is 210 g/mol. The van der Waals surface area contributed by atoms with Crippen LogP contribution in [-0.2, 0) is 0 Å². The third-order valence-electron chi connectivity index (χ3n) is 2.22. The molecule has 0 bridgehead atoms. The van der Waals surface area contributed by atoms with Crippen molar-refractivity contribution in [2.24, 2.45) is 0 Å². The summed E-state index contributed by atoms with van der Waals surface area (Å²) in [5.41, 5.74) is 2.00. The van der Waals surface area contributed by atoms with Gasteiger partial charge in [-0.15, -0.1) is 0 Å². The quantitative estimate of drug-likeness (QED) is 0.799. The van der Waals surface area contributed by atoms with Crippen molar-refractivity contribution in [1.82, 2.24) is 4.98 Å². The van der Waals surface area contributed by atoms with Crippen LogP contribution >= 0.6 is 11.6 Å². The number of nitriles is 1. The Morgan fingerprint density at radius 1 is 1.47 bits per heavy atom. The minimum atomic E-state index is 0.521. The molecule has 74 valence electrons. The molecule has 0 aliphatic rings. The van der Waals surface area contributed by atoms with Crippen molar-refractivity contribution in [3.05, 3.63) is 35.0 Å². The number of hydrogen-bond acceptors (Lipinski definition) is 3. The van der Waals surface area contributed by atoms with Crippen molar-refractivity contribution in [3.63, 3.8) is 0 Å². The van der Waals surface area contributed by atoms with E-state index in [0.29, 0.717) is 16.1 Å². The fourth-order valence-corrected chi connectivity index (χ4v) is 1.76. The Morgan fingerprint density at radius 2 is 2.27 bits per heavy atom. The number of hydrogen-bond donors (Lipinski definition) is 1. The summed E-state index contributed by atoms with van der Waals surface area (Å²) in [6.07, 6.45) is 1.53. The number of benzene rings is 1. The van der Waals surface area contributed by atoms with Crippen molar-refractivity contribution >= 4 is 28.2 Å². The first kappa shape index (κ1) is 9.75. The molecule has 3 nitrogen and oxygen atoms in total. The van der Waals surface area contributed by atoms with Crippen LogP contribution in [0.4, 0.5) is 5.69 Å². The highest BCUT2D eigenvalue weighted by molar-refractivity contribution is 6.35. The highest BCUT2D eigenvalue weighted by atomic mass is 35.5. The molecular formula is C11H8ClN3. The number of pyridine rings is 1. The molecule has 0 atom stereocenters. The number of fused-ring (bicyclic) bond motifs is 1. The molecule has 1 N–H and O–H groups in total. The van der Waals surface area contributed by atoms with Gasteiger partial charge in [0, 0.05) is 18.6 Å². The molecule has 0 radical (unpaired) electrons. The minimum Gasteiger partial charge on any atom is -0.386 e. The van der Waals surface area contributed by atoms with Crippen LogP contribution in [0, 0.1) is 11.3 Å². The molecule has 0 spiro atoms. The van der Waals surface area contributed by atoms with E-state index in [1.54, 1.807) is 13.1 Å². The first-order chi connectivity index (χ1) is 7.27.